The number of likely N-dealkylation sites (tertiary alicyclic amines) is 1. The van der Waals surface area contributed by atoms with Gasteiger partial charge in [-0.1, -0.05) is 19.1 Å². The Morgan fingerprint density at radius 3 is 2.62 bits per heavy atom. The van der Waals surface area contributed by atoms with Gasteiger partial charge in [0.1, 0.15) is 0 Å². The van der Waals surface area contributed by atoms with Gasteiger partial charge in [-0.15, -0.1) is 0 Å². The minimum atomic E-state index is -3.42. The maximum Gasteiger partial charge on any atom is 0.241 e. The van der Waals surface area contributed by atoms with E-state index in [1.165, 1.54) is 12.8 Å². The maximum atomic E-state index is 12.2. The minimum absolute atomic E-state index is 0.303. The van der Waals surface area contributed by atoms with Crippen molar-refractivity contribution in [2.45, 2.75) is 31.1 Å². The summed E-state index contributed by atoms with van der Waals surface area (Å²) >= 11 is 3.28. The van der Waals surface area contributed by atoms with Crippen molar-refractivity contribution in [3.05, 3.63) is 28.7 Å². The second kappa shape index (κ2) is 7.72. The lowest BCUT2D eigenvalue weighted by molar-refractivity contribution is 0.191. The van der Waals surface area contributed by atoms with Gasteiger partial charge in [-0.05, 0) is 72.9 Å². The van der Waals surface area contributed by atoms with Crippen molar-refractivity contribution in [3.8, 4) is 0 Å². The SMILES string of the molecule is CC1CCN(CCCNS(=O)(=O)c2ccccc2Br)CC1. The van der Waals surface area contributed by atoms with Gasteiger partial charge < -0.3 is 4.90 Å². The summed E-state index contributed by atoms with van der Waals surface area (Å²) < 4.78 is 27.7. The molecule has 1 saturated heterocycles. The third-order valence-corrected chi connectivity index (χ3v) is 6.42. The molecule has 0 aromatic heterocycles. The largest absolute Gasteiger partial charge is 0.303 e. The van der Waals surface area contributed by atoms with Crippen molar-refractivity contribution in [2.75, 3.05) is 26.2 Å². The van der Waals surface area contributed by atoms with Gasteiger partial charge in [-0.2, -0.15) is 0 Å². The molecule has 0 amide bonds. The van der Waals surface area contributed by atoms with E-state index in [-0.39, 0.29) is 0 Å². The van der Waals surface area contributed by atoms with Crippen LogP contribution in [0.1, 0.15) is 26.2 Å². The Bertz CT molecular complexity index is 555. The Labute approximate surface area is 136 Å². The minimum Gasteiger partial charge on any atom is -0.303 e. The molecule has 1 N–H and O–H groups in total. The van der Waals surface area contributed by atoms with Crippen LogP contribution in [0.5, 0.6) is 0 Å². The third kappa shape index (κ3) is 5.06. The molecule has 0 saturated carbocycles. The number of hydrogen-bond donors (Lipinski definition) is 1. The summed E-state index contributed by atoms with van der Waals surface area (Å²) in [6, 6.07) is 6.89. The van der Waals surface area contributed by atoms with Crippen LogP contribution >= 0.6 is 15.9 Å². The summed E-state index contributed by atoms with van der Waals surface area (Å²) in [5.74, 6) is 0.829. The molecule has 1 aliphatic rings. The molecule has 1 aromatic carbocycles. The number of benzene rings is 1. The summed E-state index contributed by atoms with van der Waals surface area (Å²) in [5.41, 5.74) is 0. The quantitative estimate of drug-likeness (QED) is 0.778. The number of piperidine rings is 1. The fourth-order valence-electron chi connectivity index (χ4n) is 2.54. The average molecular weight is 375 g/mol. The molecule has 1 aliphatic heterocycles. The van der Waals surface area contributed by atoms with Gasteiger partial charge in [0.05, 0.1) is 4.90 Å². The second-order valence-electron chi connectivity index (χ2n) is 5.71. The van der Waals surface area contributed by atoms with E-state index in [0.29, 0.717) is 15.9 Å². The first-order chi connectivity index (χ1) is 9.99. The Kier molecular flexibility index (Phi) is 6.22. The molecule has 1 aromatic rings. The van der Waals surface area contributed by atoms with Gasteiger partial charge in [0, 0.05) is 11.0 Å². The summed E-state index contributed by atoms with van der Waals surface area (Å²) in [6.07, 6.45) is 3.35. The molecule has 0 aliphatic carbocycles. The number of hydrogen-bond acceptors (Lipinski definition) is 3. The van der Waals surface area contributed by atoms with Crippen LogP contribution in [0, 0.1) is 5.92 Å². The Balaban J connectivity index is 1.77. The molecule has 0 unspecified atom stereocenters. The molecule has 1 fully saturated rings. The Morgan fingerprint density at radius 2 is 1.95 bits per heavy atom. The first kappa shape index (κ1) is 16.9. The number of halogens is 1. The molecular weight excluding hydrogens is 352 g/mol. The zero-order valence-corrected chi connectivity index (χ0v) is 14.8. The zero-order valence-electron chi connectivity index (χ0n) is 12.4. The highest BCUT2D eigenvalue weighted by atomic mass is 79.9. The molecule has 6 heteroatoms. The van der Waals surface area contributed by atoms with Crippen molar-refractivity contribution in [1.82, 2.24) is 9.62 Å². The smallest absolute Gasteiger partial charge is 0.241 e. The second-order valence-corrected chi connectivity index (χ2v) is 8.30. The van der Waals surface area contributed by atoms with Gasteiger partial charge in [0.15, 0.2) is 0 Å². The molecule has 2 rings (SSSR count). The van der Waals surface area contributed by atoms with E-state index in [1.54, 1.807) is 24.3 Å². The van der Waals surface area contributed by atoms with E-state index >= 15 is 0 Å². The van der Waals surface area contributed by atoms with E-state index in [1.807, 2.05) is 0 Å². The summed E-state index contributed by atoms with van der Waals surface area (Å²) in [6.45, 7) is 6.01. The monoisotopic (exact) mass is 374 g/mol. The summed E-state index contributed by atoms with van der Waals surface area (Å²) in [5, 5.41) is 0. The predicted molar refractivity (Wildman–Crippen MR) is 88.8 cm³/mol. The number of nitrogens with zero attached hydrogens (tertiary/aromatic N) is 1. The molecule has 21 heavy (non-hydrogen) atoms. The highest BCUT2D eigenvalue weighted by Crippen LogP contribution is 2.20. The van der Waals surface area contributed by atoms with E-state index in [2.05, 4.69) is 32.5 Å². The van der Waals surface area contributed by atoms with Gasteiger partial charge in [0.25, 0.3) is 0 Å². The Hall–Kier alpha value is -0.430. The molecule has 0 atom stereocenters. The molecule has 0 bridgehead atoms. The molecular formula is C15H23BrN2O2S. The molecule has 4 nitrogen and oxygen atoms in total. The van der Waals surface area contributed by atoms with Crippen LogP contribution in [-0.4, -0.2) is 39.5 Å². The first-order valence-corrected chi connectivity index (χ1v) is 9.73. The first-order valence-electron chi connectivity index (χ1n) is 7.45. The van der Waals surface area contributed by atoms with Crippen molar-refractivity contribution in [3.63, 3.8) is 0 Å². The van der Waals surface area contributed by atoms with Gasteiger partial charge in [-0.3, -0.25) is 0 Å². The topological polar surface area (TPSA) is 49.4 Å². The van der Waals surface area contributed by atoms with Gasteiger partial charge in [0.2, 0.25) is 10.0 Å². The fourth-order valence-corrected chi connectivity index (χ4v) is 4.61. The summed E-state index contributed by atoms with van der Waals surface area (Å²) in [7, 11) is -3.42. The van der Waals surface area contributed by atoms with E-state index in [9.17, 15) is 8.42 Å². The highest BCUT2D eigenvalue weighted by molar-refractivity contribution is 9.10. The van der Waals surface area contributed by atoms with Crippen LogP contribution in [0.3, 0.4) is 0 Å². The third-order valence-electron chi connectivity index (χ3n) is 3.95. The number of rotatable bonds is 6. The van der Waals surface area contributed by atoms with Crippen LogP contribution in [0.15, 0.2) is 33.6 Å². The van der Waals surface area contributed by atoms with Crippen LogP contribution in [0.25, 0.3) is 0 Å². The lowest BCUT2D eigenvalue weighted by Gasteiger charge is -2.30. The van der Waals surface area contributed by atoms with Crippen molar-refractivity contribution >= 4 is 26.0 Å². The maximum absolute atomic E-state index is 12.2. The van der Waals surface area contributed by atoms with Crippen LogP contribution in [0.2, 0.25) is 0 Å². The Morgan fingerprint density at radius 1 is 1.29 bits per heavy atom. The van der Waals surface area contributed by atoms with Crippen LogP contribution in [0.4, 0.5) is 0 Å². The van der Waals surface area contributed by atoms with Crippen molar-refractivity contribution in [1.29, 1.82) is 0 Å². The average Bonchev–Trinajstić information content (AvgIpc) is 2.46. The van der Waals surface area contributed by atoms with Crippen molar-refractivity contribution in [2.24, 2.45) is 5.92 Å². The molecule has 118 valence electrons. The highest BCUT2D eigenvalue weighted by Gasteiger charge is 2.17. The van der Waals surface area contributed by atoms with Crippen LogP contribution < -0.4 is 4.72 Å². The molecule has 1 heterocycles. The van der Waals surface area contributed by atoms with E-state index < -0.39 is 10.0 Å². The van der Waals surface area contributed by atoms with Crippen molar-refractivity contribution < 1.29 is 8.42 Å². The lowest BCUT2D eigenvalue weighted by Crippen LogP contribution is -2.35. The zero-order chi connectivity index (χ0) is 15.3. The number of nitrogens with one attached hydrogen (secondary N) is 1. The molecule has 0 radical (unpaired) electrons. The van der Waals surface area contributed by atoms with E-state index in [4.69, 9.17) is 0 Å². The lowest BCUT2D eigenvalue weighted by atomic mass is 9.99. The van der Waals surface area contributed by atoms with Crippen LogP contribution in [-0.2, 0) is 10.0 Å². The fraction of sp³-hybridized carbons (Fsp3) is 0.600. The normalized spacial score (nSPS) is 18.0. The van der Waals surface area contributed by atoms with Gasteiger partial charge >= 0.3 is 0 Å². The number of sulfonamides is 1. The summed E-state index contributed by atoms with van der Waals surface area (Å²) in [4.78, 5) is 2.73. The van der Waals surface area contributed by atoms with E-state index in [0.717, 1.165) is 32.0 Å². The van der Waals surface area contributed by atoms with Gasteiger partial charge in [-0.25, -0.2) is 13.1 Å². The standard InChI is InChI=1S/C15H23BrN2O2S/c1-13-7-11-18(12-8-13)10-4-9-17-21(19,20)15-6-3-2-5-14(15)16/h2-3,5-6,13,17H,4,7-12H2,1H3. The predicted octanol–water partition coefficient (Wildman–Crippen LogP) is 2.85. The molecule has 0 spiro atoms.